The van der Waals surface area contributed by atoms with Crippen molar-refractivity contribution in [3.8, 4) is 22.8 Å². The lowest BCUT2D eigenvalue weighted by Gasteiger charge is -2.17. The molecule has 0 atom stereocenters. The van der Waals surface area contributed by atoms with Crippen LogP contribution in [0.5, 0.6) is 5.88 Å². The van der Waals surface area contributed by atoms with Crippen molar-refractivity contribution in [3.05, 3.63) is 85.5 Å². The highest BCUT2D eigenvalue weighted by Crippen LogP contribution is 2.25. The first-order valence-electron chi connectivity index (χ1n) is 11.0. The Balaban J connectivity index is 1.73. The average molecular weight is 461 g/mol. The normalized spacial score (nSPS) is 11.2. The fourth-order valence-corrected chi connectivity index (χ4v) is 4.35. The summed E-state index contributed by atoms with van der Waals surface area (Å²) in [5, 5.41) is 2.06. The van der Waals surface area contributed by atoms with E-state index in [0.717, 1.165) is 33.9 Å². The lowest BCUT2D eigenvalue weighted by molar-refractivity contribution is 0.289. The molecule has 0 aliphatic heterocycles. The van der Waals surface area contributed by atoms with Crippen molar-refractivity contribution >= 4 is 11.3 Å². The van der Waals surface area contributed by atoms with E-state index < -0.39 is 0 Å². The van der Waals surface area contributed by atoms with E-state index in [9.17, 15) is 4.79 Å². The number of ether oxygens (including phenoxy) is 1. The van der Waals surface area contributed by atoms with Gasteiger partial charge in [-0.15, -0.1) is 11.3 Å². The summed E-state index contributed by atoms with van der Waals surface area (Å²) in [7, 11) is 0. The Labute approximate surface area is 198 Å². The number of aryl methyl sites for hydroxylation is 3. The first-order valence-corrected chi connectivity index (χ1v) is 11.8. The van der Waals surface area contributed by atoms with Gasteiger partial charge in [-0.05, 0) is 56.8 Å². The predicted octanol–water partition coefficient (Wildman–Crippen LogP) is 5.69. The van der Waals surface area contributed by atoms with Crippen molar-refractivity contribution in [1.82, 2.24) is 19.5 Å². The largest absolute Gasteiger partial charge is 0.472 e. The molecule has 0 saturated carbocycles. The van der Waals surface area contributed by atoms with Gasteiger partial charge in [0.15, 0.2) is 0 Å². The minimum absolute atomic E-state index is 0.134. The van der Waals surface area contributed by atoms with E-state index in [-0.39, 0.29) is 11.5 Å². The van der Waals surface area contributed by atoms with Gasteiger partial charge < -0.3 is 4.74 Å². The molecule has 1 aromatic carbocycles. The monoisotopic (exact) mass is 460 g/mol. The van der Waals surface area contributed by atoms with Crippen molar-refractivity contribution in [2.75, 3.05) is 0 Å². The predicted molar refractivity (Wildman–Crippen MR) is 133 cm³/mol. The maximum absolute atomic E-state index is 13.4. The van der Waals surface area contributed by atoms with Gasteiger partial charge in [0, 0.05) is 28.1 Å². The van der Waals surface area contributed by atoms with Gasteiger partial charge in [0.2, 0.25) is 5.88 Å². The number of hydrogen-bond acceptors (Lipinski definition) is 6. The van der Waals surface area contributed by atoms with Crippen LogP contribution in [-0.4, -0.2) is 19.5 Å². The zero-order chi connectivity index (χ0) is 23.7. The number of benzene rings is 1. The fraction of sp³-hybridized carbons (Fsp3) is 0.308. The van der Waals surface area contributed by atoms with Gasteiger partial charge in [0.25, 0.3) is 5.56 Å². The topological polar surface area (TPSA) is 69.9 Å². The van der Waals surface area contributed by atoms with E-state index in [1.807, 2.05) is 38.1 Å². The van der Waals surface area contributed by atoms with E-state index >= 15 is 0 Å². The van der Waals surface area contributed by atoms with Gasteiger partial charge in [-0.1, -0.05) is 26.0 Å². The highest BCUT2D eigenvalue weighted by atomic mass is 32.1. The number of thiophene rings is 1. The van der Waals surface area contributed by atoms with Gasteiger partial charge in [0.1, 0.15) is 18.3 Å². The van der Waals surface area contributed by atoms with Crippen LogP contribution >= 0.6 is 11.3 Å². The second kappa shape index (κ2) is 9.27. The first-order chi connectivity index (χ1) is 15.7. The second-order valence-electron chi connectivity index (χ2n) is 8.54. The van der Waals surface area contributed by atoms with Crippen molar-refractivity contribution < 1.29 is 4.74 Å². The van der Waals surface area contributed by atoms with Crippen LogP contribution in [0, 0.1) is 27.7 Å². The summed E-state index contributed by atoms with van der Waals surface area (Å²) in [5.74, 6) is 1.98. The molecule has 0 N–H and O–H groups in total. The number of rotatable bonds is 6. The molecular weight excluding hydrogens is 432 g/mol. The van der Waals surface area contributed by atoms with Crippen LogP contribution in [0.3, 0.4) is 0 Å². The highest BCUT2D eigenvalue weighted by molar-refractivity contribution is 7.10. The van der Waals surface area contributed by atoms with Crippen LogP contribution in [0.2, 0.25) is 0 Å². The summed E-state index contributed by atoms with van der Waals surface area (Å²) in [6.07, 6.45) is 1.78. The van der Waals surface area contributed by atoms with E-state index in [1.54, 1.807) is 29.0 Å². The van der Waals surface area contributed by atoms with E-state index in [2.05, 4.69) is 42.2 Å². The van der Waals surface area contributed by atoms with Crippen molar-refractivity contribution in [1.29, 1.82) is 0 Å². The molecule has 4 aromatic rings. The summed E-state index contributed by atoms with van der Waals surface area (Å²) in [6.45, 7) is 12.2. The van der Waals surface area contributed by atoms with Gasteiger partial charge >= 0.3 is 0 Å². The van der Waals surface area contributed by atoms with Crippen LogP contribution in [0.1, 0.15) is 53.0 Å². The minimum atomic E-state index is -0.134. The molecule has 170 valence electrons. The van der Waals surface area contributed by atoms with E-state index in [4.69, 9.17) is 9.72 Å². The molecule has 6 nitrogen and oxygen atoms in total. The smallest absolute Gasteiger partial charge is 0.264 e. The maximum atomic E-state index is 13.4. The van der Waals surface area contributed by atoms with Gasteiger partial charge in [0.05, 0.1) is 16.9 Å². The van der Waals surface area contributed by atoms with Crippen LogP contribution < -0.4 is 10.3 Å². The Morgan fingerprint density at radius 1 is 1.06 bits per heavy atom. The Hall–Kier alpha value is -3.32. The number of hydrogen-bond donors (Lipinski definition) is 0. The minimum Gasteiger partial charge on any atom is -0.472 e. The summed E-state index contributed by atoms with van der Waals surface area (Å²) in [6, 6.07) is 9.99. The third-order valence-corrected chi connectivity index (χ3v) is 6.44. The molecule has 0 aliphatic rings. The fourth-order valence-electron chi connectivity index (χ4n) is 3.66. The van der Waals surface area contributed by atoms with Gasteiger partial charge in [-0.3, -0.25) is 9.36 Å². The Kier molecular flexibility index (Phi) is 6.42. The molecule has 0 bridgehead atoms. The van der Waals surface area contributed by atoms with E-state index in [1.165, 1.54) is 4.88 Å². The van der Waals surface area contributed by atoms with Crippen LogP contribution in [-0.2, 0) is 6.61 Å². The zero-order valence-electron chi connectivity index (χ0n) is 19.8. The third kappa shape index (κ3) is 4.73. The van der Waals surface area contributed by atoms with Crippen LogP contribution in [0.25, 0.3) is 16.9 Å². The molecule has 0 saturated heterocycles. The molecule has 7 heteroatoms. The molecule has 0 radical (unpaired) electrons. The molecule has 3 heterocycles. The van der Waals surface area contributed by atoms with Crippen LogP contribution in [0.15, 0.2) is 46.7 Å². The van der Waals surface area contributed by atoms with Crippen molar-refractivity contribution in [3.63, 3.8) is 0 Å². The Morgan fingerprint density at radius 2 is 1.85 bits per heavy atom. The van der Waals surface area contributed by atoms with Gasteiger partial charge in [-0.25, -0.2) is 9.97 Å². The molecular formula is C26H28N4O2S. The van der Waals surface area contributed by atoms with Crippen molar-refractivity contribution in [2.24, 2.45) is 0 Å². The van der Waals surface area contributed by atoms with Crippen LogP contribution in [0.4, 0.5) is 0 Å². The maximum Gasteiger partial charge on any atom is 0.264 e. The molecule has 4 rings (SSSR count). The van der Waals surface area contributed by atoms with Gasteiger partial charge in [-0.2, -0.15) is 4.98 Å². The molecule has 33 heavy (non-hydrogen) atoms. The average Bonchev–Trinajstić information content (AvgIpc) is 3.21. The van der Waals surface area contributed by atoms with Crippen molar-refractivity contribution in [2.45, 2.75) is 54.1 Å². The number of nitrogens with zero attached hydrogens (tertiary/aromatic N) is 4. The summed E-state index contributed by atoms with van der Waals surface area (Å²) in [5.41, 5.74) is 4.95. The Morgan fingerprint density at radius 3 is 2.55 bits per heavy atom. The lowest BCUT2D eigenvalue weighted by atomic mass is 10.1. The standard InChI is InChI=1S/C26H28N4O2S/c1-15(2)24-27-10-9-22(29-24)21-8-7-16(3)23(12-21)30-19(6)28-25(18(5)26(30)31)32-13-20-11-17(4)33-14-20/h7-12,14-15H,13H2,1-6H3. The molecule has 0 spiro atoms. The highest BCUT2D eigenvalue weighted by Gasteiger charge is 2.17. The zero-order valence-corrected chi connectivity index (χ0v) is 20.7. The molecule has 0 aliphatic carbocycles. The molecule has 0 unspecified atom stereocenters. The van der Waals surface area contributed by atoms with E-state index in [0.29, 0.717) is 23.9 Å². The number of aromatic nitrogens is 4. The third-order valence-electron chi connectivity index (χ3n) is 5.53. The lowest BCUT2D eigenvalue weighted by Crippen LogP contribution is -2.26. The molecule has 0 fully saturated rings. The molecule has 3 aromatic heterocycles. The first kappa shape index (κ1) is 22.9. The summed E-state index contributed by atoms with van der Waals surface area (Å²) < 4.78 is 7.57. The second-order valence-corrected chi connectivity index (χ2v) is 9.66. The Bertz CT molecular complexity index is 1370. The molecule has 0 amide bonds. The quantitative estimate of drug-likeness (QED) is 0.370. The summed E-state index contributed by atoms with van der Waals surface area (Å²) in [4.78, 5) is 28.3. The SMILES string of the molecule is Cc1cc(COc2nc(C)n(-c3cc(-c4ccnc(C(C)C)n4)ccc3C)c(=O)c2C)cs1. The summed E-state index contributed by atoms with van der Waals surface area (Å²) >= 11 is 1.68.